The molecular formula is C10H14O2. The molecule has 0 spiro atoms. The van der Waals surface area contributed by atoms with Gasteiger partial charge in [-0.15, -0.1) is 0 Å². The molecular weight excluding hydrogens is 152 g/mol. The van der Waals surface area contributed by atoms with Gasteiger partial charge < -0.3 is 0 Å². The van der Waals surface area contributed by atoms with E-state index in [1.54, 1.807) is 0 Å². The highest BCUT2D eigenvalue weighted by Crippen LogP contribution is 2.40. The van der Waals surface area contributed by atoms with Crippen molar-refractivity contribution >= 4 is 11.6 Å². The fourth-order valence-electron chi connectivity index (χ4n) is 1.62. The maximum absolute atomic E-state index is 11.3. The largest absolute Gasteiger partial charge is 0.299 e. The summed E-state index contributed by atoms with van der Waals surface area (Å²) in [6.45, 7) is 2.07. The van der Waals surface area contributed by atoms with Crippen molar-refractivity contribution < 1.29 is 9.59 Å². The Hall–Kier alpha value is -0.660. The first kappa shape index (κ1) is 7.96. The van der Waals surface area contributed by atoms with Gasteiger partial charge >= 0.3 is 0 Å². The van der Waals surface area contributed by atoms with E-state index in [4.69, 9.17) is 0 Å². The Bertz CT molecular complexity index is 228. The molecule has 2 rings (SSSR count). The zero-order valence-electron chi connectivity index (χ0n) is 7.38. The minimum absolute atomic E-state index is 0.194. The summed E-state index contributed by atoms with van der Waals surface area (Å²) in [5.41, 5.74) is 0. The molecule has 2 unspecified atom stereocenters. The highest BCUT2D eigenvalue weighted by atomic mass is 16.1. The second kappa shape index (κ2) is 2.68. The molecule has 0 aromatic carbocycles. The van der Waals surface area contributed by atoms with Crippen molar-refractivity contribution in [1.29, 1.82) is 0 Å². The third-order valence-electron chi connectivity index (χ3n) is 2.90. The molecule has 2 heteroatoms. The molecule has 0 heterocycles. The summed E-state index contributed by atoms with van der Waals surface area (Å²) in [4.78, 5) is 22.6. The van der Waals surface area contributed by atoms with Crippen LogP contribution in [0.15, 0.2) is 0 Å². The van der Waals surface area contributed by atoms with Crippen LogP contribution >= 0.6 is 0 Å². The number of hydrogen-bond acceptors (Lipinski definition) is 2. The standard InChI is InChI=1S/C10H14O2/c1-6-4-8(6)10(12)5-9(11)7-2-3-7/h6-8H,2-5H2,1H3. The summed E-state index contributed by atoms with van der Waals surface area (Å²) in [7, 11) is 0. The van der Waals surface area contributed by atoms with Gasteiger partial charge in [0.15, 0.2) is 0 Å². The van der Waals surface area contributed by atoms with Crippen LogP contribution in [0.5, 0.6) is 0 Å². The zero-order chi connectivity index (χ0) is 8.72. The van der Waals surface area contributed by atoms with Gasteiger partial charge in [0.25, 0.3) is 0 Å². The van der Waals surface area contributed by atoms with E-state index >= 15 is 0 Å². The molecule has 2 saturated carbocycles. The van der Waals surface area contributed by atoms with E-state index in [0.29, 0.717) is 5.92 Å². The van der Waals surface area contributed by atoms with E-state index in [-0.39, 0.29) is 29.8 Å². The average molecular weight is 166 g/mol. The Labute approximate surface area is 72.3 Å². The molecule has 0 aromatic heterocycles. The first-order valence-electron chi connectivity index (χ1n) is 4.74. The van der Waals surface area contributed by atoms with Crippen molar-refractivity contribution in [3.63, 3.8) is 0 Å². The molecule has 0 bridgehead atoms. The second-order valence-electron chi connectivity index (χ2n) is 4.20. The van der Waals surface area contributed by atoms with Crippen molar-refractivity contribution in [3.05, 3.63) is 0 Å². The highest BCUT2D eigenvalue weighted by Gasteiger charge is 2.41. The maximum Gasteiger partial charge on any atom is 0.143 e. The van der Waals surface area contributed by atoms with Gasteiger partial charge in [-0.25, -0.2) is 0 Å². The molecule has 0 aliphatic heterocycles. The summed E-state index contributed by atoms with van der Waals surface area (Å²) in [5.74, 6) is 1.42. The lowest BCUT2D eigenvalue weighted by atomic mass is 10.1. The van der Waals surface area contributed by atoms with Crippen LogP contribution < -0.4 is 0 Å². The third kappa shape index (κ3) is 1.57. The van der Waals surface area contributed by atoms with Gasteiger partial charge in [-0.2, -0.15) is 0 Å². The molecule has 0 radical (unpaired) electrons. The van der Waals surface area contributed by atoms with Crippen LogP contribution in [-0.4, -0.2) is 11.6 Å². The molecule has 2 atom stereocenters. The summed E-state index contributed by atoms with van der Waals surface area (Å²) >= 11 is 0. The number of Topliss-reactive ketones (excluding diaryl/α,β-unsaturated/α-hetero) is 2. The van der Waals surface area contributed by atoms with Crippen LogP contribution in [0.25, 0.3) is 0 Å². The highest BCUT2D eigenvalue weighted by molar-refractivity contribution is 6.02. The van der Waals surface area contributed by atoms with Crippen LogP contribution in [0.1, 0.15) is 32.6 Å². The number of ketones is 2. The van der Waals surface area contributed by atoms with Gasteiger partial charge in [-0.3, -0.25) is 9.59 Å². The van der Waals surface area contributed by atoms with E-state index in [1.807, 2.05) is 0 Å². The molecule has 2 fully saturated rings. The molecule has 2 nitrogen and oxygen atoms in total. The fraction of sp³-hybridized carbons (Fsp3) is 0.800. The van der Waals surface area contributed by atoms with Gasteiger partial charge in [-0.05, 0) is 25.2 Å². The lowest BCUT2D eigenvalue weighted by molar-refractivity contribution is -0.128. The van der Waals surface area contributed by atoms with Crippen LogP contribution in [0.4, 0.5) is 0 Å². The van der Waals surface area contributed by atoms with Crippen molar-refractivity contribution in [3.8, 4) is 0 Å². The monoisotopic (exact) mass is 166 g/mol. The average Bonchev–Trinajstić information content (AvgIpc) is 2.78. The van der Waals surface area contributed by atoms with Crippen molar-refractivity contribution in [2.24, 2.45) is 17.8 Å². The Kier molecular flexibility index (Phi) is 1.78. The van der Waals surface area contributed by atoms with E-state index in [0.717, 1.165) is 19.3 Å². The molecule has 2 aliphatic rings. The second-order valence-corrected chi connectivity index (χ2v) is 4.20. The van der Waals surface area contributed by atoms with Crippen molar-refractivity contribution in [2.45, 2.75) is 32.6 Å². The summed E-state index contributed by atoms with van der Waals surface area (Å²) in [5, 5.41) is 0. The number of hydrogen-bond donors (Lipinski definition) is 0. The van der Waals surface area contributed by atoms with Crippen LogP contribution in [-0.2, 0) is 9.59 Å². The Morgan fingerprint density at radius 2 is 1.83 bits per heavy atom. The normalized spacial score (nSPS) is 33.1. The van der Waals surface area contributed by atoms with E-state index < -0.39 is 0 Å². The number of rotatable bonds is 4. The smallest absolute Gasteiger partial charge is 0.143 e. The predicted molar refractivity (Wildman–Crippen MR) is 44.6 cm³/mol. The predicted octanol–water partition coefficient (Wildman–Crippen LogP) is 1.58. The summed E-state index contributed by atoms with van der Waals surface area (Å²) < 4.78 is 0. The Morgan fingerprint density at radius 3 is 2.25 bits per heavy atom. The molecule has 0 amide bonds. The van der Waals surface area contributed by atoms with Crippen LogP contribution in [0.2, 0.25) is 0 Å². The summed E-state index contributed by atoms with van der Waals surface area (Å²) in [6.07, 6.45) is 3.27. The third-order valence-corrected chi connectivity index (χ3v) is 2.90. The molecule has 12 heavy (non-hydrogen) atoms. The zero-order valence-corrected chi connectivity index (χ0v) is 7.38. The van der Waals surface area contributed by atoms with Crippen LogP contribution in [0.3, 0.4) is 0 Å². The van der Waals surface area contributed by atoms with Gasteiger partial charge in [0.2, 0.25) is 0 Å². The SMILES string of the molecule is CC1CC1C(=O)CC(=O)C1CC1. The minimum Gasteiger partial charge on any atom is -0.299 e. The van der Waals surface area contributed by atoms with E-state index in [1.165, 1.54) is 0 Å². The van der Waals surface area contributed by atoms with Gasteiger partial charge in [0.05, 0.1) is 6.42 Å². The van der Waals surface area contributed by atoms with Gasteiger partial charge in [-0.1, -0.05) is 6.92 Å². The Morgan fingerprint density at radius 1 is 1.25 bits per heavy atom. The van der Waals surface area contributed by atoms with E-state index in [9.17, 15) is 9.59 Å². The quantitative estimate of drug-likeness (QED) is 0.594. The molecule has 2 aliphatic carbocycles. The first-order chi connectivity index (χ1) is 5.68. The molecule has 0 aromatic rings. The first-order valence-corrected chi connectivity index (χ1v) is 4.74. The molecule has 0 N–H and O–H groups in total. The lowest BCUT2D eigenvalue weighted by Crippen LogP contribution is -2.11. The Balaban J connectivity index is 1.78. The van der Waals surface area contributed by atoms with Gasteiger partial charge in [0.1, 0.15) is 11.6 Å². The minimum atomic E-state index is 0.194. The van der Waals surface area contributed by atoms with Crippen molar-refractivity contribution in [1.82, 2.24) is 0 Å². The van der Waals surface area contributed by atoms with Crippen LogP contribution in [0, 0.1) is 17.8 Å². The van der Waals surface area contributed by atoms with Gasteiger partial charge in [0, 0.05) is 11.8 Å². The number of carbonyl (C=O) groups is 2. The summed E-state index contributed by atoms with van der Waals surface area (Å²) in [6, 6.07) is 0. The number of carbonyl (C=O) groups excluding carboxylic acids is 2. The lowest BCUT2D eigenvalue weighted by Gasteiger charge is -1.96. The topological polar surface area (TPSA) is 34.1 Å². The van der Waals surface area contributed by atoms with E-state index in [2.05, 4.69) is 6.92 Å². The maximum atomic E-state index is 11.3. The molecule has 66 valence electrons. The fourth-order valence-corrected chi connectivity index (χ4v) is 1.62. The van der Waals surface area contributed by atoms with Crippen molar-refractivity contribution in [2.75, 3.05) is 0 Å². The molecule has 0 saturated heterocycles.